The van der Waals surface area contributed by atoms with Crippen LogP contribution in [0, 0.1) is 0 Å². The second-order valence-corrected chi connectivity index (χ2v) is 4.80. The van der Waals surface area contributed by atoms with Crippen LogP contribution >= 0.6 is 11.6 Å². The van der Waals surface area contributed by atoms with Gasteiger partial charge in [0.05, 0.1) is 7.11 Å². The van der Waals surface area contributed by atoms with Crippen molar-refractivity contribution in [3.05, 3.63) is 47.2 Å². The highest BCUT2D eigenvalue weighted by molar-refractivity contribution is 6.31. The minimum absolute atomic E-state index is 0.248. The van der Waals surface area contributed by atoms with E-state index >= 15 is 0 Å². The molecule has 0 fully saturated rings. The summed E-state index contributed by atoms with van der Waals surface area (Å²) >= 11 is 6.06. The van der Waals surface area contributed by atoms with Crippen LogP contribution in [0.3, 0.4) is 0 Å². The van der Waals surface area contributed by atoms with Gasteiger partial charge in [0, 0.05) is 34.6 Å². The van der Waals surface area contributed by atoms with Crippen LogP contribution in [-0.4, -0.2) is 19.1 Å². The maximum Gasteiger partial charge on any atom is 0.126 e. The highest BCUT2D eigenvalue weighted by Crippen LogP contribution is 2.33. The van der Waals surface area contributed by atoms with E-state index in [4.69, 9.17) is 16.3 Å². The van der Waals surface area contributed by atoms with Gasteiger partial charge in [-0.05, 0) is 43.8 Å². The Balaban J connectivity index is 2.49. The van der Waals surface area contributed by atoms with Crippen molar-refractivity contribution < 1.29 is 4.74 Å². The molecule has 1 aromatic heterocycles. The van der Waals surface area contributed by atoms with Crippen LogP contribution < -0.4 is 10.1 Å². The van der Waals surface area contributed by atoms with Gasteiger partial charge in [-0.15, -0.1) is 0 Å². The van der Waals surface area contributed by atoms with Gasteiger partial charge >= 0.3 is 0 Å². The summed E-state index contributed by atoms with van der Waals surface area (Å²) in [6.45, 7) is 2.09. The van der Waals surface area contributed by atoms with Gasteiger partial charge in [-0.25, -0.2) is 0 Å². The monoisotopic (exact) mass is 276 g/mol. The summed E-state index contributed by atoms with van der Waals surface area (Å²) in [6, 6.07) is 7.93. The molecule has 3 nitrogen and oxygen atoms in total. The Morgan fingerprint density at radius 3 is 2.74 bits per heavy atom. The molecule has 4 heteroatoms. The first kappa shape index (κ1) is 13.8. The molecular weight excluding hydrogens is 260 g/mol. The van der Waals surface area contributed by atoms with Crippen LogP contribution in [0.15, 0.2) is 36.7 Å². The lowest BCUT2D eigenvalue weighted by molar-refractivity contribution is 0.416. The number of rotatable bonds is 4. The zero-order valence-electron chi connectivity index (χ0n) is 11.3. The van der Waals surface area contributed by atoms with E-state index in [0.29, 0.717) is 5.02 Å². The van der Waals surface area contributed by atoms with Crippen molar-refractivity contribution in [2.75, 3.05) is 14.2 Å². The third kappa shape index (κ3) is 3.06. The molecule has 0 spiro atoms. The summed E-state index contributed by atoms with van der Waals surface area (Å²) in [4.78, 5) is 4.30. The number of benzene rings is 1. The quantitative estimate of drug-likeness (QED) is 0.925. The van der Waals surface area contributed by atoms with E-state index in [1.165, 1.54) is 0 Å². The van der Waals surface area contributed by atoms with Crippen molar-refractivity contribution in [1.82, 2.24) is 10.3 Å². The fourth-order valence-electron chi connectivity index (χ4n) is 1.91. The van der Waals surface area contributed by atoms with Gasteiger partial charge in [0.15, 0.2) is 0 Å². The molecule has 2 aromatic rings. The predicted molar refractivity (Wildman–Crippen MR) is 78.7 cm³/mol. The first-order valence-corrected chi connectivity index (χ1v) is 6.49. The molecule has 1 heterocycles. The number of halogens is 1. The van der Waals surface area contributed by atoms with Gasteiger partial charge in [0.25, 0.3) is 0 Å². The molecule has 1 aromatic carbocycles. The van der Waals surface area contributed by atoms with E-state index < -0.39 is 0 Å². The van der Waals surface area contributed by atoms with Gasteiger partial charge in [0.1, 0.15) is 5.75 Å². The number of ether oxygens (including phenoxy) is 1. The van der Waals surface area contributed by atoms with Crippen molar-refractivity contribution >= 4 is 11.6 Å². The van der Waals surface area contributed by atoms with Gasteiger partial charge < -0.3 is 10.1 Å². The summed E-state index contributed by atoms with van der Waals surface area (Å²) in [5, 5.41) is 3.89. The number of pyridine rings is 1. The van der Waals surface area contributed by atoms with E-state index in [2.05, 4.69) is 23.3 Å². The second kappa shape index (κ2) is 6.04. The molecule has 0 bridgehead atoms. The van der Waals surface area contributed by atoms with Crippen LogP contribution in [0.5, 0.6) is 5.75 Å². The number of aromatic nitrogens is 1. The van der Waals surface area contributed by atoms with E-state index in [1.807, 2.05) is 37.6 Å². The summed E-state index contributed by atoms with van der Waals surface area (Å²) in [7, 11) is 3.58. The molecule has 0 amide bonds. The van der Waals surface area contributed by atoms with Crippen molar-refractivity contribution in [3.63, 3.8) is 0 Å². The summed E-state index contributed by atoms with van der Waals surface area (Å²) < 4.78 is 5.38. The van der Waals surface area contributed by atoms with Crippen molar-refractivity contribution in [2.24, 2.45) is 0 Å². The van der Waals surface area contributed by atoms with Gasteiger partial charge in [-0.2, -0.15) is 0 Å². The highest BCUT2D eigenvalue weighted by Gasteiger charge is 2.10. The predicted octanol–water partition coefficient (Wildman–Crippen LogP) is 3.69. The highest BCUT2D eigenvalue weighted by atomic mass is 35.5. The first-order chi connectivity index (χ1) is 9.15. The largest absolute Gasteiger partial charge is 0.496 e. The smallest absolute Gasteiger partial charge is 0.126 e. The third-order valence-corrected chi connectivity index (χ3v) is 3.40. The Kier molecular flexibility index (Phi) is 4.40. The van der Waals surface area contributed by atoms with Crippen LogP contribution in [-0.2, 0) is 0 Å². The van der Waals surface area contributed by atoms with Crippen LogP contribution in [0.25, 0.3) is 11.1 Å². The second-order valence-electron chi connectivity index (χ2n) is 4.36. The number of methoxy groups -OCH3 is 1. The molecule has 2 rings (SSSR count). The minimum Gasteiger partial charge on any atom is -0.496 e. The third-order valence-electron chi connectivity index (χ3n) is 3.16. The Hall–Kier alpha value is -1.58. The maximum absolute atomic E-state index is 6.06. The van der Waals surface area contributed by atoms with Crippen LogP contribution in [0.1, 0.15) is 18.5 Å². The van der Waals surface area contributed by atoms with Crippen molar-refractivity contribution in [2.45, 2.75) is 13.0 Å². The van der Waals surface area contributed by atoms with Gasteiger partial charge in [0.2, 0.25) is 0 Å². The Morgan fingerprint density at radius 2 is 2.05 bits per heavy atom. The number of hydrogen-bond acceptors (Lipinski definition) is 3. The Bertz CT molecular complexity index is 572. The van der Waals surface area contributed by atoms with Gasteiger partial charge in [-0.1, -0.05) is 11.6 Å². The van der Waals surface area contributed by atoms with Crippen molar-refractivity contribution in [1.29, 1.82) is 0 Å². The maximum atomic E-state index is 6.06. The normalized spacial score (nSPS) is 12.2. The standard InChI is InChI=1S/C15H17ClN2O/c1-10(17-2)11-6-12(9-18-8-11)14-7-13(16)4-5-15(14)19-3/h4-10,17H,1-3H3. The average Bonchev–Trinajstić information content (AvgIpc) is 2.46. The number of nitrogens with one attached hydrogen (secondary N) is 1. The fourth-order valence-corrected chi connectivity index (χ4v) is 2.09. The van der Waals surface area contributed by atoms with E-state index in [1.54, 1.807) is 7.11 Å². The summed E-state index contributed by atoms with van der Waals surface area (Å²) in [5.41, 5.74) is 3.08. The lowest BCUT2D eigenvalue weighted by Crippen LogP contribution is -2.12. The molecule has 0 radical (unpaired) electrons. The molecule has 1 unspecified atom stereocenters. The summed E-state index contributed by atoms with van der Waals surface area (Å²) in [5.74, 6) is 0.792. The van der Waals surface area contributed by atoms with E-state index in [0.717, 1.165) is 22.4 Å². The Morgan fingerprint density at radius 1 is 1.26 bits per heavy atom. The minimum atomic E-state index is 0.248. The molecule has 1 atom stereocenters. The lowest BCUT2D eigenvalue weighted by atomic mass is 10.0. The molecule has 100 valence electrons. The molecule has 0 aliphatic carbocycles. The van der Waals surface area contributed by atoms with Gasteiger partial charge in [-0.3, -0.25) is 4.98 Å². The molecule has 0 aliphatic rings. The van der Waals surface area contributed by atoms with E-state index in [9.17, 15) is 0 Å². The molecule has 0 saturated heterocycles. The first-order valence-electron chi connectivity index (χ1n) is 6.12. The lowest BCUT2D eigenvalue weighted by Gasteiger charge is -2.13. The van der Waals surface area contributed by atoms with Crippen LogP contribution in [0.4, 0.5) is 0 Å². The van der Waals surface area contributed by atoms with Crippen molar-refractivity contribution in [3.8, 4) is 16.9 Å². The summed E-state index contributed by atoms with van der Waals surface area (Å²) in [6.07, 6.45) is 3.68. The SMILES string of the molecule is CNC(C)c1cncc(-c2cc(Cl)ccc2OC)c1. The van der Waals surface area contributed by atoms with Crippen LogP contribution in [0.2, 0.25) is 5.02 Å². The molecule has 0 saturated carbocycles. The molecule has 19 heavy (non-hydrogen) atoms. The molecule has 0 aliphatic heterocycles. The Labute approximate surface area is 118 Å². The number of hydrogen-bond donors (Lipinski definition) is 1. The van der Waals surface area contributed by atoms with E-state index in [-0.39, 0.29) is 6.04 Å². The molecular formula is C15H17ClN2O. The topological polar surface area (TPSA) is 34.2 Å². The average molecular weight is 277 g/mol. The number of nitrogens with zero attached hydrogens (tertiary/aromatic N) is 1. The zero-order valence-corrected chi connectivity index (χ0v) is 12.0. The fraction of sp³-hybridized carbons (Fsp3) is 0.267. The zero-order chi connectivity index (χ0) is 13.8. The molecule has 1 N–H and O–H groups in total.